The van der Waals surface area contributed by atoms with E-state index in [9.17, 15) is 9.59 Å². The second-order valence-electron chi connectivity index (χ2n) is 7.10. The first-order valence-corrected chi connectivity index (χ1v) is 9.71. The average molecular weight is 381 g/mol. The molecule has 1 aliphatic rings. The summed E-state index contributed by atoms with van der Waals surface area (Å²) in [5, 5.41) is 2.72. The SMILES string of the molecule is CCCC(=O)N1CCO[C@](Cc2cccc(-c3ccncc3)c2)(C(=O)NC)C1. The molecule has 0 unspecified atom stereocenters. The standard InChI is InChI=1S/C22H27N3O3/c1-3-5-20(26)25-12-13-28-22(16-25,21(27)23-2)15-17-6-4-7-19(14-17)18-8-10-24-11-9-18/h4,6-11,14H,3,5,12-13,15-16H2,1-2H3,(H,23,27)/t22-/m0/s1. The Kier molecular flexibility index (Phi) is 6.41. The Hall–Kier alpha value is -2.73. The molecule has 0 saturated carbocycles. The molecule has 1 aliphatic heterocycles. The van der Waals surface area contributed by atoms with Crippen LogP contribution in [-0.2, 0) is 20.7 Å². The van der Waals surface area contributed by atoms with Gasteiger partial charge in [-0.3, -0.25) is 14.6 Å². The third kappa shape index (κ3) is 4.39. The third-order valence-electron chi connectivity index (χ3n) is 5.07. The smallest absolute Gasteiger partial charge is 0.254 e. The van der Waals surface area contributed by atoms with Gasteiger partial charge in [0.15, 0.2) is 5.60 Å². The minimum absolute atomic E-state index is 0.0737. The van der Waals surface area contributed by atoms with E-state index in [0.29, 0.717) is 26.0 Å². The number of nitrogens with zero attached hydrogens (tertiary/aromatic N) is 2. The Balaban J connectivity index is 1.87. The Morgan fingerprint density at radius 3 is 2.71 bits per heavy atom. The molecule has 0 spiro atoms. The molecule has 0 aliphatic carbocycles. The number of carbonyl (C=O) groups excluding carboxylic acids is 2. The molecule has 0 bridgehead atoms. The van der Waals surface area contributed by atoms with E-state index < -0.39 is 5.60 Å². The fraction of sp³-hybridized carbons (Fsp3) is 0.409. The van der Waals surface area contributed by atoms with Crippen molar-refractivity contribution in [3.63, 3.8) is 0 Å². The molecular weight excluding hydrogens is 354 g/mol. The molecule has 148 valence electrons. The fourth-order valence-electron chi connectivity index (χ4n) is 3.66. The number of nitrogens with one attached hydrogen (secondary N) is 1. The van der Waals surface area contributed by atoms with Crippen LogP contribution < -0.4 is 5.32 Å². The number of pyridine rings is 1. The predicted octanol–water partition coefficient (Wildman–Crippen LogP) is 2.43. The van der Waals surface area contributed by atoms with Crippen molar-refractivity contribution in [2.45, 2.75) is 31.8 Å². The number of morpholine rings is 1. The van der Waals surface area contributed by atoms with Gasteiger partial charge in [-0.05, 0) is 35.2 Å². The monoisotopic (exact) mass is 381 g/mol. The number of carbonyl (C=O) groups is 2. The minimum Gasteiger partial charge on any atom is -0.361 e. The van der Waals surface area contributed by atoms with Crippen molar-refractivity contribution < 1.29 is 14.3 Å². The van der Waals surface area contributed by atoms with Crippen molar-refractivity contribution in [2.24, 2.45) is 0 Å². The first-order valence-electron chi connectivity index (χ1n) is 9.71. The van der Waals surface area contributed by atoms with E-state index >= 15 is 0 Å². The summed E-state index contributed by atoms with van der Waals surface area (Å²) in [6, 6.07) is 12.0. The van der Waals surface area contributed by atoms with Crippen LogP contribution >= 0.6 is 0 Å². The minimum atomic E-state index is -1.08. The Morgan fingerprint density at radius 1 is 1.21 bits per heavy atom. The largest absolute Gasteiger partial charge is 0.361 e. The summed E-state index contributed by atoms with van der Waals surface area (Å²) < 4.78 is 6.01. The van der Waals surface area contributed by atoms with Gasteiger partial charge in [0, 0.05) is 38.8 Å². The number of ether oxygens (including phenoxy) is 1. The van der Waals surface area contributed by atoms with Crippen LogP contribution in [0.1, 0.15) is 25.3 Å². The number of likely N-dealkylation sites (N-methyl/N-ethyl adjacent to an activating group) is 1. The van der Waals surface area contributed by atoms with Gasteiger partial charge in [-0.15, -0.1) is 0 Å². The van der Waals surface area contributed by atoms with Crippen LogP contribution in [0.3, 0.4) is 0 Å². The summed E-state index contributed by atoms with van der Waals surface area (Å²) in [6.45, 7) is 3.13. The van der Waals surface area contributed by atoms with Crippen molar-refractivity contribution in [1.29, 1.82) is 0 Å². The molecular formula is C22H27N3O3. The molecule has 6 heteroatoms. The highest BCUT2D eigenvalue weighted by Crippen LogP contribution is 2.27. The van der Waals surface area contributed by atoms with Gasteiger partial charge in [0.05, 0.1) is 13.2 Å². The average Bonchev–Trinajstić information content (AvgIpc) is 2.74. The maximum atomic E-state index is 12.8. The van der Waals surface area contributed by atoms with Crippen LogP contribution in [0.5, 0.6) is 0 Å². The van der Waals surface area contributed by atoms with E-state index in [0.717, 1.165) is 23.1 Å². The Morgan fingerprint density at radius 2 is 2.00 bits per heavy atom. The number of rotatable bonds is 6. The third-order valence-corrected chi connectivity index (χ3v) is 5.07. The van der Waals surface area contributed by atoms with Gasteiger partial charge < -0.3 is 15.0 Å². The summed E-state index contributed by atoms with van der Waals surface area (Å²) in [5.41, 5.74) is 2.03. The van der Waals surface area contributed by atoms with E-state index in [1.165, 1.54) is 0 Å². The molecule has 1 saturated heterocycles. The van der Waals surface area contributed by atoms with Crippen LogP contribution in [-0.4, -0.2) is 54.0 Å². The van der Waals surface area contributed by atoms with E-state index in [4.69, 9.17) is 4.74 Å². The normalized spacial score (nSPS) is 19.3. The highest BCUT2D eigenvalue weighted by molar-refractivity contribution is 5.87. The molecule has 1 aromatic carbocycles. The molecule has 6 nitrogen and oxygen atoms in total. The fourth-order valence-corrected chi connectivity index (χ4v) is 3.66. The van der Waals surface area contributed by atoms with Crippen molar-refractivity contribution in [2.75, 3.05) is 26.7 Å². The number of aromatic nitrogens is 1. The predicted molar refractivity (Wildman–Crippen MR) is 108 cm³/mol. The molecule has 1 aromatic heterocycles. The van der Waals surface area contributed by atoms with Crippen molar-refractivity contribution in [3.05, 3.63) is 54.4 Å². The molecule has 2 amide bonds. The number of hydrogen-bond acceptors (Lipinski definition) is 4. The maximum Gasteiger partial charge on any atom is 0.254 e. The Bertz CT molecular complexity index is 825. The van der Waals surface area contributed by atoms with Crippen LogP contribution in [0.4, 0.5) is 0 Å². The first kappa shape index (κ1) is 20.0. The lowest BCUT2D eigenvalue weighted by Crippen LogP contribution is -2.61. The zero-order chi connectivity index (χ0) is 20.0. The quantitative estimate of drug-likeness (QED) is 0.834. The summed E-state index contributed by atoms with van der Waals surface area (Å²) in [5.74, 6) is -0.125. The molecule has 2 heterocycles. The van der Waals surface area contributed by atoms with Crippen LogP contribution in [0, 0.1) is 0 Å². The number of amides is 2. The van der Waals surface area contributed by atoms with Crippen LogP contribution in [0.2, 0.25) is 0 Å². The van der Waals surface area contributed by atoms with Crippen molar-refractivity contribution in [3.8, 4) is 11.1 Å². The molecule has 28 heavy (non-hydrogen) atoms. The molecule has 1 fully saturated rings. The Labute approximate surface area is 165 Å². The van der Waals surface area contributed by atoms with Crippen molar-refractivity contribution in [1.82, 2.24) is 15.2 Å². The molecule has 1 atom stereocenters. The van der Waals surface area contributed by atoms with Gasteiger partial charge in [0.25, 0.3) is 5.91 Å². The van der Waals surface area contributed by atoms with Crippen LogP contribution in [0.15, 0.2) is 48.8 Å². The summed E-state index contributed by atoms with van der Waals surface area (Å²) >= 11 is 0. The van der Waals surface area contributed by atoms with E-state index in [2.05, 4.69) is 16.4 Å². The van der Waals surface area contributed by atoms with Gasteiger partial charge in [-0.2, -0.15) is 0 Å². The van der Waals surface area contributed by atoms with E-state index in [1.54, 1.807) is 24.3 Å². The number of benzene rings is 1. The second kappa shape index (κ2) is 8.97. The van der Waals surface area contributed by atoms with Gasteiger partial charge in [0.2, 0.25) is 5.91 Å². The highest BCUT2D eigenvalue weighted by Gasteiger charge is 2.44. The second-order valence-corrected chi connectivity index (χ2v) is 7.10. The van der Waals surface area contributed by atoms with Crippen molar-refractivity contribution >= 4 is 11.8 Å². The lowest BCUT2D eigenvalue weighted by Gasteiger charge is -2.41. The van der Waals surface area contributed by atoms with Gasteiger partial charge in [-0.25, -0.2) is 0 Å². The topological polar surface area (TPSA) is 71.5 Å². The lowest BCUT2D eigenvalue weighted by atomic mass is 9.89. The summed E-state index contributed by atoms with van der Waals surface area (Å²) in [6.07, 6.45) is 5.20. The lowest BCUT2D eigenvalue weighted by molar-refractivity contribution is -0.165. The highest BCUT2D eigenvalue weighted by atomic mass is 16.5. The first-order chi connectivity index (χ1) is 13.6. The zero-order valence-corrected chi connectivity index (χ0v) is 16.5. The van der Waals surface area contributed by atoms with Crippen LogP contribution in [0.25, 0.3) is 11.1 Å². The number of hydrogen-bond donors (Lipinski definition) is 1. The maximum absolute atomic E-state index is 12.8. The van der Waals surface area contributed by atoms with Gasteiger partial charge in [0.1, 0.15) is 0 Å². The summed E-state index contributed by atoms with van der Waals surface area (Å²) in [7, 11) is 1.60. The molecule has 1 N–H and O–H groups in total. The molecule has 0 radical (unpaired) electrons. The van der Waals surface area contributed by atoms with E-state index in [-0.39, 0.29) is 18.4 Å². The molecule has 3 rings (SSSR count). The van der Waals surface area contributed by atoms with Gasteiger partial charge >= 0.3 is 0 Å². The van der Waals surface area contributed by atoms with Gasteiger partial charge in [-0.1, -0.05) is 31.2 Å². The van der Waals surface area contributed by atoms with E-state index in [1.807, 2.05) is 37.3 Å². The summed E-state index contributed by atoms with van der Waals surface area (Å²) in [4.78, 5) is 31.0. The molecule has 2 aromatic rings. The zero-order valence-electron chi connectivity index (χ0n) is 16.5.